The number of piperidine rings is 1. The molecule has 1 saturated carbocycles. The van der Waals surface area contributed by atoms with Crippen molar-refractivity contribution in [2.75, 3.05) is 26.2 Å². The summed E-state index contributed by atoms with van der Waals surface area (Å²) in [7, 11) is 0. The first-order valence-corrected chi connectivity index (χ1v) is 12.2. The van der Waals surface area contributed by atoms with Crippen molar-refractivity contribution in [1.82, 2.24) is 4.90 Å². The molecule has 1 aliphatic carbocycles. The van der Waals surface area contributed by atoms with E-state index in [0.29, 0.717) is 24.0 Å². The third kappa shape index (κ3) is 5.17. The van der Waals surface area contributed by atoms with Crippen molar-refractivity contribution >= 4 is 0 Å². The highest BCUT2D eigenvalue weighted by Gasteiger charge is 2.46. The van der Waals surface area contributed by atoms with Crippen LogP contribution in [0.4, 0.5) is 0 Å². The molecule has 1 saturated heterocycles. The van der Waals surface area contributed by atoms with Crippen LogP contribution in [0.3, 0.4) is 0 Å². The van der Waals surface area contributed by atoms with E-state index in [1.165, 1.54) is 18.4 Å². The molecule has 2 aromatic carbocycles. The summed E-state index contributed by atoms with van der Waals surface area (Å²) in [5.41, 5.74) is 2.34. The Balaban J connectivity index is 1.29. The molecule has 4 rings (SSSR count). The smallest absolute Gasteiger partial charge is 0.119 e. The van der Waals surface area contributed by atoms with Crippen molar-refractivity contribution in [2.45, 2.75) is 57.5 Å². The van der Waals surface area contributed by atoms with Gasteiger partial charge in [-0.25, -0.2) is 0 Å². The fourth-order valence-electron chi connectivity index (χ4n) is 5.77. The molecule has 0 bridgehead atoms. The zero-order valence-corrected chi connectivity index (χ0v) is 19.3. The largest absolute Gasteiger partial charge is 0.494 e. The molecule has 1 unspecified atom stereocenters. The predicted molar refractivity (Wildman–Crippen MR) is 127 cm³/mol. The van der Waals surface area contributed by atoms with Crippen LogP contribution in [0.2, 0.25) is 0 Å². The van der Waals surface area contributed by atoms with Gasteiger partial charge < -0.3 is 14.7 Å². The van der Waals surface area contributed by atoms with Crippen molar-refractivity contribution in [3.63, 3.8) is 0 Å². The van der Waals surface area contributed by atoms with Gasteiger partial charge in [0.05, 0.1) is 23.8 Å². The highest BCUT2D eigenvalue weighted by molar-refractivity contribution is 5.34. The molecule has 2 fully saturated rings. The Morgan fingerprint density at radius 3 is 2.38 bits per heavy atom. The number of aliphatic hydroxyl groups is 1. The van der Waals surface area contributed by atoms with Gasteiger partial charge in [0.2, 0.25) is 0 Å². The first-order chi connectivity index (χ1) is 15.6. The second-order valence-corrected chi connectivity index (χ2v) is 9.63. The molecule has 1 heterocycles. The van der Waals surface area contributed by atoms with Crippen LogP contribution in [0, 0.1) is 30.1 Å². The Morgan fingerprint density at radius 1 is 1.03 bits per heavy atom. The van der Waals surface area contributed by atoms with Crippen LogP contribution in [0.5, 0.6) is 5.75 Å². The van der Waals surface area contributed by atoms with Gasteiger partial charge in [0.1, 0.15) is 5.75 Å². The van der Waals surface area contributed by atoms with E-state index >= 15 is 0 Å². The first-order valence-electron chi connectivity index (χ1n) is 12.2. The maximum Gasteiger partial charge on any atom is 0.119 e. The highest BCUT2D eigenvalue weighted by atomic mass is 16.5. The van der Waals surface area contributed by atoms with Crippen molar-refractivity contribution in [3.8, 4) is 11.8 Å². The third-order valence-corrected chi connectivity index (χ3v) is 7.54. The highest BCUT2D eigenvalue weighted by Crippen LogP contribution is 2.48. The minimum Gasteiger partial charge on any atom is -0.494 e. The second kappa shape index (κ2) is 10.5. The minimum atomic E-state index is -0.687. The number of likely N-dealkylation sites (tertiary alicyclic amines) is 1. The van der Waals surface area contributed by atoms with Gasteiger partial charge >= 0.3 is 0 Å². The number of aryl methyl sites for hydroxylation is 1. The van der Waals surface area contributed by atoms with E-state index in [1.807, 2.05) is 12.1 Å². The van der Waals surface area contributed by atoms with Crippen LogP contribution >= 0.6 is 0 Å². The van der Waals surface area contributed by atoms with Crippen molar-refractivity contribution in [1.29, 1.82) is 5.26 Å². The third-order valence-electron chi connectivity index (χ3n) is 7.54. The van der Waals surface area contributed by atoms with E-state index in [1.54, 1.807) is 12.1 Å². The lowest BCUT2D eigenvalue weighted by Crippen LogP contribution is -2.47. The van der Waals surface area contributed by atoms with E-state index in [2.05, 4.69) is 42.2 Å². The molecule has 0 aromatic heterocycles. The van der Waals surface area contributed by atoms with Gasteiger partial charge in [-0.2, -0.15) is 5.26 Å². The van der Waals surface area contributed by atoms with Gasteiger partial charge in [-0.3, -0.25) is 0 Å². The molecule has 170 valence electrons. The van der Waals surface area contributed by atoms with Gasteiger partial charge in [0, 0.05) is 6.54 Å². The molecule has 0 amide bonds. The molecule has 32 heavy (non-hydrogen) atoms. The zero-order valence-electron chi connectivity index (χ0n) is 19.3. The Bertz CT molecular complexity index is 906. The molecular weight excluding hydrogens is 396 g/mol. The van der Waals surface area contributed by atoms with Crippen molar-refractivity contribution in [3.05, 3.63) is 65.2 Å². The van der Waals surface area contributed by atoms with Gasteiger partial charge in [-0.05, 0) is 93.8 Å². The van der Waals surface area contributed by atoms with E-state index in [4.69, 9.17) is 10.00 Å². The maximum absolute atomic E-state index is 12.1. The van der Waals surface area contributed by atoms with Gasteiger partial charge in [0.15, 0.2) is 0 Å². The monoisotopic (exact) mass is 432 g/mol. The summed E-state index contributed by atoms with van der Waals surface area (Å²) in [5.74, 6) is 1.54. The summed E-state index contributed by atoms with van der Waals surface area (Å²) in [6.45, 7) is 5.92. The Morgan fingerprint density at radius 2 is 1.72 bits per heavy atom. The molecule has 1 aliphatic heterocycles. The fourth-order valence-corrected chi connectivity index (χ4v) is 5.77. The molecule has 1 N–H and O–H groups in total. The van der Waals surface area contributed by atoms with E-state index in [9.17, 15) is 5.11 Å². The summed E-state index contributed by atoms with van der Waals surface area (Å²) >= 11 is 0. The standard InChI is InChI=1S/C28H36N2O2/c1-22-6-4-9-26(20-22)28(31,24-7-2-3-8-24)25-14-17-30(18-15-25)16-5-19-32-27-12-10-23(21-29)11-13-27/h4,6,9-13,20,24-25,31H,2-3,5,7-8,14-19H2,1H3. The second-order valence-electron chi connectivity index (χ2n) is 9.63. The number of hydrogen-bond acceptors (Lipinski definition) is 4. The van der Waals surface area contributed by atoms with E-state index in [-0.39, 0.29) is 0 Å². The molecule has 0 radical (unpaired) electrons. The first kappa shape index (κ1) is 22.8. The molecule has 4 heteroatoms. The van der Waals surface area contributed by atoms with Crippen LogP contribution in [0.25, 0.3) is 0 Å². The Labute approximate surface area is 192 Å². The maximum atomic E-state index is 12.1. The summed E-state index contributed by atoms with van der Waals surface area (Å²) < 4.78 is 5.83. The van der Waals surface area contributed by atoms with Crippen molar-refractivity contribution < 1.29 is 9.84 Å². The normalized spacial score (nSPS) is 20.0. The number of nitrogens with zero attached hydrogens (tertiary/aromatic N) is 2. The number of ether oxygens (including phenoxy) is 1. The summed E-state index contributed by atoms with van der Waals surface area (Å²) in [6.07, 6.45) is 7.88. The Hall–Kier alpha value is -2.35. The fraction of sp³-hybridized carbons (Fsp3) is 0.536. The van der Waals surface area contributed by atoms with Crippen LogP contribution in [0.1, 0.15) is 61.6 Å². The van der Waals surface area contributed by atoms with Crippen molar-refractivity contribution in [2.24, 2.45) is 11.8 Å². The van der Waals surface area contributed by atoms with Gasteiger partial charge in [0.25, 0.3) is 0 Å². The molecule has 1 atom stereocenters. The summed E-state index contributed by atoms with van der Waals surface area (Å²) in [5, 5.41) is 21.0. The quantitative estimate of drug-likeness (QED) is 0.566. The zero-order chi connectivity index (χ0) is 22.4. The predicted octanol–water partition coefficient (Wildman–Crippen LogP) is 5.43. The molecular formula is C28H36N2O2. The van der Waals surface area contributed by atoms with Gasteiger partial charge in [-0.1, -0.05) is 42.7 Å². The average Bonchev–Trinajstić information content (AvgIpc) is 3.38. The number of rotatable bonds is 8. The van der Waals surface area contributed by atoms with Crippen LogP contribution < -0.4 is 4.74 Å². The average molecular weight is 433 g/mol. The molecule has 4 nitrogen and oxygen atoms in total. The van der Waals surface area contributed by atoms with E-state index < -0.39 is 5.60 Å². The van der Waals surface area contributed by atoms with Crippen LogP contribution in [-0.2, 0) is 5.60 Å². The summed E-state index contributed by atoms with van der Waals surface area (Å²) in [6, 6.07) is 18.0. The lowest BCUT2D eigenvalue weighted by Gasteiger charge is -2.45. The minimum absolute atomic E-state index is 0.332. The van der Waals surface area contributed by atoms with E-state index in [0.717, 1.165) is 63.1 Å². The molecule has 0 spiro atoms. The van der Waals surface area contributed by atoms with Crippen LogP contribution in [-0.4, -0.2) is 36.2 Å². The molecule has 2 aliphatic rings. The molecule has 2 aromatic rings. The Kier molecular flexibility index (Phi) is 7.50. The lowest BCUT2D eigenvalue weighted by molar-refractivity contribution is -0.0934. The summed E-state index contributed by atoms with van der Waals surface area (Å²) in [4.78, 5) is 2.52. The lowest BCUT2D eigenvalue weighted by atomic mass is 9.68. The van der Waals surface area contributed by atoms with Gasteiger partial charge in [-0.15, -0.1) is 0 Å². The van der Waals surface area contributed by atoms with Crippen LogP contribution in [0.15, 0.2) is 48.5 Å². The number of benzene rings is 2. The topological polar surface area (TPSA) is 56.5 Å². The number of nitriles is 1. The SMILES string of the molecule is Cc1cccc(C(O)(C2CCCC2)C2CCN(CCCOc3ccc(C#N)cc3)CC2)c1. The number of hydrogen-bond donors (Lipinski definition) is 1.